The van der Waals surface area contributed by atoms with Crippen molar-refractivity contribution in [2.75, 3.05) is 0 Å². The molecule has 5 nitrogen and oxygen atoms in total. The number of nitrogens with one attached hydrogen (secondary N) is 1. The zero-order valence-electron chi connectivity index (χ0n) is 9.40. The summed E-state index contributed by atoms with van der Waals surface area (Å²) in [4.78, 5) is 18.5. The SMILES string of the molecule is CCc1nc(-c2cnn(CC)c2)cc(=O)[nH]1. The molecule has 0 fully saturated rings. The lowest BCUT2D eigenvalue weighted by Crippen LogP contribution is -2.10. The summed E-state index contributed by atoms with van der Waals surface area (Å²) < 4.78 is 1.81. The summed E-state index contributed by atoms with van der Waals surface area (Å²) in [6, 6.07) is 1.50. The maximum Gasteiger partial charge on any atom is 0.251 e. The van der Waals surface area contributed by atoms with Crippen LogP contribution in [0.3, 0.4) is 0 Å². The molecule has 0 amide bonds. The highest BCUT2D eigenvalue weighted by molar-refractivity contribution is 5.56. The van der Waals surface area contributed by atoms with E-state index in [1.165, 1.54) is 6.07 Å². The Hall–Kier alpha value is -1.91. The van der Waals surface area contributed by atoms with Gasteiger partial charge in [-0.05, 0) is 6.92 Å². The predicted molar refractivity (Wildman–Crippen MR) is 61.1 cm³/mol. The van der Waals surface area contributed by atoms with Crippen LogP contribution in [-0.2, 0) is 13.0 Å². The van der Waals surface area contributed by atoms with Crippen LogP contribution in [0.2, 0.25) is 0 Å². The Morgan fingerprint density at radius 3 is 2.88 bits per heavy atom. The molecule has 2 aromatic rings. The van der Waals surface area contributed by atoms with Gasteiger partial charge in [-0.3, -0.25) is 9.48 Å². The minimum atomic E-state index is -0.119. The minimum Gasteiger partial charge on any atom is -0.311 e. The highest BCUT2D eigenvalue weighted by atomic mass is 16.1. The highest BCUT2D eigenvalue weighted by Gasteiger charge is 2.05. The Morgan fingerprint density at radius 1 is 1.44 bits per heavy atom. The highest BCUT2D eigenvalue weighted by Crippen LogP contribution is 2.13. The van der Waals surface area contributed by atoms with Crippen LogP contribution < -0.4 is 5.56 Å². The van der Waals surface area contributed by atoms with Gasteiger partial charge in [-0.25, -0.2) is 4.98 Å². The number of rotatable bonds is 3. The summed E-state index contributed by atoms with van der Waals surface area (Å²) in [6.45, 7) is 4.78. The maximum atomic E-state index is 11.4. The molecule has 0 radical (unpaired) electrons. The molecule has 0 bridgehead atoms. The number of hydrogen-bond acceptors (Lipinski definition) is 3. The molecule has 0 aliphatic rings. The molecule has 0 aromatic carbocycles. The van der Waals surface area contributed by atoms with Crippen LogP contribution in [-0.4, -0.2) is 19.7 Å². The number of nitrogens with zero attached hydrogens (tertiary/aromatic N) is 3. The standard InChI is InChI=1S/C11H14N4O/c1-3-10-13-9(5-11(16)14-10)8-6-12-15(4-2)7-8/h5-7H,3-4H2,1-2H3,(H,13,14,16). The molecule has 84 valence electrons. The monoisotopic (exact) mass is 218 g/mol. The van der Waals surface area contributed by atoms with Crippen LogP contribution in [0.1, 0.15) is 19.7 Å². The van der Waals surface area contributed by atoms with Crippen molar-refractivity contribution in [1.82, 2.24) is 19.7 Å². The Balaban J connectivity index is 2.46. The lowest BCUT2D eigenvalue weighted by Gasteiger charge is -1.99. The smallest absolute Gasteiger partial charge is 0.251 e. The van der Waals surface area contributed by atoms with E-state index in [2.05, 4.69) is 15.1 Å². The average Bonchev–Trinajstić information content (AvgIpc) is 2.76. The second kappa shape index (κ2) is 4.30. The van der Waals surface area contributed by atoms with Crippen molar-refractivity contribution in [2.45, 2.75) is 26.8 Å². The van der Waals surface area contributed by atoms with Crippen LogP contribution in [0, 0.1) is 0 Å². The first-order valence-corrected chi connectivity index (χ1v) is 5.36. The van der Waals surface area contributed by atoms with Crippen LogP contribution in [0.25, 0.3) is 11.3 Å². The Bertz CT molecular complexity index is 541. The van der Waals surface area contributed by atoms with E-state index < -0.39 is 0 Å². The first-order valence-electron chi connectivity index (χ1n) is 5.36. The number of hydrogen-bond donors (Lipinski definition) is 1. The van der Waals surface area contributed by atoms with Gasteiger partial charge in [0.15, 0.2) is 0 Å². The van der Waals surface area contributed by atoms with Gasteiger partial charge >= 0.3 is 0 Å². The van der Waals surface area contributed by atoms with E-state index in [0.29, 0.717) is 17.9 Å². The van der Waals surface area contributed by atoms with Gasteiger partial charge in [0.05, 0.1) is 11.9 Å². The second-order valence-corrected chi connectivity index (χ2v) is 3.52. The number of aromatic amines is 1. The summed E-state index contributed by atoms with van der Waals surface area (Å²) in [5.41, 5.74) is 1.44. The van der Waals surface area contributed by atoms with Gasteiger partial charge in [0.2, 0.25) is 0 Å². The van der Waals surface area contributed by atoms with Gasteiger partial charge in [-0.2, -0.15) is 5.10 Å². The van der Waals surface area contributed by atoms with Gasteiger partial charge in [0.25, 0.3) is 5.56 Å². The quantitative estimate of drug-likeness (QED) is 0.842. The van der Waals surface area contributed by atoms with Crippen molar-refractivity contribution in [3.63, 3.8) is 0 Å². The van der Waals surface area contributed by atoms with Crippen LogP contribution in [0.4, 0.5) is 0 Å². The Labute approximate surface area is 93.2 Å². The molecule has 16 heavy (non-hydrogen) atoms. The van der Waals surface area contributed by atoms with E-state index in [0.717, 1.165) is 12.1 Å². The molecule has 2 rings (SSSR count). The fraction of sp³-hybridized carbons (Fsp3) is 0.364. The van der Waals surface area contributed by atoms with Gasteiger partial charge in [-0.1, -0.05) is 6.92 Å². The minimum absolute atomic E-state index is 0.119. The van der Waals surface area contributed by atoms with Crippen molar-refractivity contribution >= 4 is 0 Å². The Morgan fingerprint density at radius 2 is 2.25 bits per heavy atom. The number of H-pyrrole nitrogens is 1. The van der Waals surface area contributed by atoms with Gasteiger partial charge < -0.3 is 4.98 Å². The van der Waals surface area contributed by atoms with Crippen LogP contribution in [0.5, 0.6) is 0 Å². The molecule has 0 atom stereocenters. The third-order valence-electron chi connectivity index (χ3n) is 2.38. The number of aryl methyl sites for hydroxylation is 2. The molecule has 2 aromatic heterocycles. The zero-order chi connectivity index (χ0) is 11.5. The van der Waals surface area contributed by atoms with E-state index in [4.69, 9.17) is 0 Å². The van der Waals surface area contributed by atoms with Crippen LogP contribution in [0.15, 0.2) is 23.3 Å². The van der Waals surface area contributed by atoms with Crippen LogP contribution >= 0.6 is 0 Å². The topological polar surface area (TPSA) is 63.6 Å². The zero-order valence-corrected chi connectivity index (χ0v) is 9.40. The van der Waals surface area contributed by atoms with Crippen molar-refractivity contribution in [1.29, 1.82) is 0 Å². The molecule has 0 saturated carbocycles. The summed E-state index contributed by atoms with van der Waals surface area (Å²) in [5.74, 6) is 0.701. The second-order valence-electron chi connectivity index (χ2n) is 3.52. The molecule has 0 aliphatic carbocycles. The van der Waals surface area contributed by atoms with Crippen molar-refractivity contribution in [2.24, 2.45) is 0 Å². The molecule has 5 heteroatoms. The lowest BCUT2D eigenvalue weighted by molar-refractivity contribution is 0.660. The average molecular weight is 218 g/mol. The van der Waals surface area contributed by atoms with Gasteiger partial charge in [-0.15, -0.1) is 0 Å². The van der Waals surface area contributed by atoms with E-state index in [1.54, 1.807) is 6.20 Å². The van der Waals surface area contributed by atoms with E-state index >= 15 is 0 Å². The largest absolute Gasteiger partial charge is 0.311 e. The molecule has 2 heterocycles. The van der Waals surface area contributed by atoms with E-state index in [9.17, 15) is 4.79 Å². The lowest BCUT2D eigenvalue weighted by atomic mass is 10.2. The summed E-state index contributed by atoms with van der Waals surface area (Å²) >= 11 is 0. The number of aromatic nitrogens is 4. The van der Waals surface area contributed by atoms with Gasteiger partial charge in [0.1, 0.15) is 5.82 Å². The van der Waals surface area contributed by atoms with E-state index in [-0.39, 0.29) is 5.56 Å². The molecule has 0 aliphatic heterocycles. The summed E-state index contributed by atoms with van der Waals surface area (Å²) in [6.07, 6.45) is 4.33. The van der Waals surface area contributed by atoms with Crippen molar-refractivity contribution in [3.05, 3.63) is 34.6 Å². The van der Waals surface area contributed by atoms with Crippen molar-refractivity contribution in [3.8, 4) is 11.3 Å². The predicted octanol–water partition coefficient (Wildman–Crippen LogP) is 1.22. The molecular weight excluding hydrogens is 204 g/mol. The first kappa shape index (κ1) is 10.6. The van der Waals surface area contributed by atoms with Crippen molar-refractivity contribution < 1.29 is 0 Å². The molecule has 0 spiro atoms. The van der Waals surface area contributed by atoms with E-state index in [1.807, 2.05) is 24.7 Å². The fourth-order valence-electron chi connectivity index (χ4n) is 1.49. The molecule has 0 saturated heterocycles. The third-order valence-corrected chi connectivity index (χ3v) is 2.38. The summed E-state index contributed by atoms with van der Waals surface area (Å²) in [7, 11) is 0. The molecular formula is C11H14N4O. The normalized spacial score (nSPS) is 10.6. The fourth-order valence-corrected chi connectivity index (χ4v) is 1.49. The molecule has 0 unspecified atom stereocenters. The maximum absolute atomic E-state index is 11.4. The third kappa shape index (κ3) is 2.03. The molecule has 1 N–H and O–H groups in total. The van der Waals surface area contributed by atoms with Gasteiger partial charge in [0, 0.05) is 30.8 Å². The first-order chi connectivity index (χ1) is 7.72. The Kier molecular flexibility index (Phi) is 2.85. The summed E-state index contributed by atoms with van der Waals surface area (Å²) in [5, 5.41) is 4.16.